The summed E-state index contributed by atoms with van der Waals surface area (Å²) >= 11 is 0. The minimum absolute atomic E-state index is 0.237. The van der Waals surface area contributed by atoms with Crippen molar-refractivity contribution in [1.29, 1.82) is 0 Å². The second kappa shape index (κ2) is 12.1. The highest BCUT2D eigenvalue weighted by Gasteiger charge is 2.08. The summed E-state index contributed by atoms with van der Waals surface area (Å²) in [6.07, 6.45) is 4.97. The molecule has 2 aromatic carbocycles. The second-order valence-corrected chi connectivity index (χ2v) is 7.92. The normalized spacial score (nSPS) is 12.8. The number of aliphatic imine (C=N–C) groups is 1. The van der Waals surface area contributed by atoms with Crippen molar-refractivity contribution in [3.05, 3.63) is 66.0 Å². The Morgan fingerprint density at radius 3 is 2.55 bits per heavy atom. The minimum atomic E-state index is 0.237. The molecule has 0 aliphatic rings. The van der Waals surface area contributed by atoms with Gasteiger partial charge in [-0.1, -0.05) is 49.7 Å². The molecule has 1 aromatic heterocycles. The van der Waals surface area contributed by atoms with E-state index < -0.39 is 0 Å². The monoisotopic (exact) mass is 421 g/mol. The van der Waals surface area contributed by atoms with Gasteiger partial charge in [-0.25, -0.2) is 9.98 Å². The number of para-hydroxylation sites is 2. The average molecular weight is 422 g/mol. The number of fused-ring (bicyclic) bond motifs is 1. The van der Waals surface area contributed by atoms with Crippen LogP contribution in [0.15, 0.2) is 59.9 Å². The van der Waals surface area contributed by atoms with Crippen LogP contribution in [-0.2, 0) is 13.1 Å². The lowest BCUT2D eigenvalue weighted by molar-refractivity contribution is 0.251. The Bertz CT molecular complexity index is 942. The molecular formula is C25H35N5O. The number of benzene rings is 2. The Morgan fingerprint density at radius 2 is 1.81 bits per heavy atom. The van der Waals surface area contributed by atoms with Crippen molar-refractivity contribution in [2.45, 2.75) is 46.2 Å². The molecule has 3 aromatic rings. The van der Waals surface area contributed by atoms with Crippen LogP contribution >= 0.6 is 0 Å². The molecule has 0 saturated heterocycles. The molecule has 0 aliphatic heterocycles. The van der Waals surface area contributed by atoms with Crippen LogP contribution in [0.5, 0.6) is 0 Å². The summed E-state index contributed by atoms with van der Waals surface area (Å²) in [6.45, 7) is 7.58. The SMILES string of the molecule is CCCC(CCO)CNC(=NCc1ccc(Cn2cnc3ccccc32)cc1)NCC. The molecule has 31 heavy (non-hydrogen) atoms. The zero-order valence-corrected chi connectivity index (χ0v) is 18.7. The number of hydrogen-bond donors (Lipinski definition) is 3. The summed E-state index contributed by atoms with van der Waals surface area (Å²) < 4.78 is 2.18. The van der Waals surface area contributed by atoms with Gasteiger partial charge in [0.1, 0.15) is 0 Å². The molecule has 0 saturated carbocycles. The van der Waals surface area contributed by atoms with Gasteiger partial charge in [0.2, 0.25) is 0 Å². The van der Waals surface area contributed by atoms with Gasteiger partial charge in [-0.3, -0.25) is 0 Å². The fraction of sp³-hybridized carbons (Fsp3) is 0.440. The lowest BCUT2D eigenvalue weighted by atomic mass is 10.0. The number of aliphatic hydroxyl groups excluding tert-OH is 1. The second-order valence-electron chi connectivity index (χ2n) is 7.92. The van der Waals surface area contributed by atoms with Crippen molar-refractivity contribution in [2.24, 2.45) is 10.9 Å². The van der Waals surface area contributed by atoms with Gasteiger partial charge < -0.3 is 20.3 Å². The number of hydrogen-bond acceptors (Lipinski definition) is 3. The van der Waals surface area contributed by atoms with Gasteiger partial charge >= 0.3 is 0 Å². The van der Waals surface area contributed by atoms with E-state index >= 15 is 0 Å². The van der Waals surface area contributed by atoms with Crippen molar-refractivity contribution in [1.82, 2.24) is 20.2 Å². The molecule has 166 valence electrons. The van der Waals surface area contributed by atoms with E-state index in [0.29, 0.717) is 12.5 Å². The van der Waals surface area contributed by atoms with E-state index in [9.17, 15) is 5.11 Å². The predicted molar refractivity (Wildman–Crippen MR) is 128 cm³/mol. The van der Waals surface area contributed by atoms with E-state index in [1.54, 1.807) is 0 Å². The highest BCUT2D eigenvalue weighted by atomic mass is 16.3. The van der Waals surface area contributed by atoms with Crippen LogP contribution in [-0.4, -0.2) is 40.3 Å². The van der Waals surface area contributed by atoms with Crippen LogP contribution in [0.4, 0.5) is 0 Å². The van der Waals surface area contributed by atoms with E-state index in [4.69, 9.17) is 4.99 Å². The number of rotatable bonds is 11. The summed E-state index contributed by atoms with van der Waals surface area (Å²) in [5, 5.41) is 16.0. The molecule has 3 N–H and O–H groups in total. The molecule has 0 amide bonds. The summed E-state index contributed by atoms with van der Waals surface area (Å²) in [5.74, 6) is 1.30. The lowest BCUT2D eigenvalue weighted by Crippen LogP contribution is -2.40. The van der Waals surface area contributed by atoms with Gasteiger partial charge in [0.05, 0.1) is 23.9 Å². The zero-order valence-electron chi connectivity index (χ0n) is 18.7. The Balaban J connectivity index is 1.58. The molecule has 0 bridgehead atoms. The third kappa shape index (κ3) is 6.82. The van der Waals surface area contributed by atoms with Gasteiger partial charge in [-0.15, -0.1) is 0 Å². The van der Waals surface area contributed by atoms with Crippen molar-refractivity contribution >= 4 is 17.0 Å². The lowest BCUT2D eigenvalue weighted by Gasteiger charge is -2.18. The maximum Gasteiger partial charge on any atom is 0.191 e. The fourth-order valence-corrected chi connectivity index (χ4v) is 3.78. The Labute approximate surface area is 185 Å². The molecule has 6 heteroatoms. The van der Waals surface area contributed by atoms with E-state index in [1.807, 2.05) is 24.5 Å². The minimum Gasteiger partial charge on any atom is -0.396 e. The van der Waals surface area contributed by atoms with Crippen LogP contribution < -0.4 is 10.6 Å². The molecular weight excluding hydrogens is 386 g/mol. The number of aliphatic hydroxyl groups is 1. The summed E-state index contributed by atoms with van der Waals surface area (Å²) in [5.41, 5.74) is 4.60. The third-order valence-corrected chi connectivity index (χ3v) is 5.46. The van der Waals surface area contributed by atoms with E-state index in [0.717, 1.165) is 55.9 Å². The first kappa shape index (κ1) is 22.8. The largest absolute Gasteiger partial charge is 0.396 e. The number of nitrogens with zero attached hydrogens (tertiary/aromatic N) is 3. The predicted octanol–water partition coefficient (Wildman–Crippen LogP) is 3.94. The summed E-state index contributed by atoms with van der Waals surface area (Å²) in [4.78, 5) is 9.21. The first-order valence-corrected chi connectivity index (χ1v) is 11.3. The zero-order chi connectivity index (χ0) is 21.9. The number of guanidine groups is 1. The smallest absolute Gasteiger partial charge is 0.191 e. The molecule has 6 nitrogen and oxygen atoms in total. The highest BCUT2D eigenvalue weighted by molar-refractivity contribution is 5.79. The summed E-state index contributed by atoms with van der Waals surface area (Å²) in [6, 6.07) is 16.8. The Morgan fingerprint density at radius 1 is 1.03 bits per heavy atom. The van der Waals surface area contributed by atoms with Gasteiger partial charge in [0.15, 0.2) is 5.96 Å². The van der Waals surface area contributed by atoms with E-state index in [2.05, 4.69) is 64.4 Å². The molecule has 0 radical (unpaired) electrons. The molecule has 1 unspecified atom stereocenters. The topological polar surface area (TPSA) is 74.5 Å². The maximum atomic E-state index is 9.26. The Kier molecular flexibility index (Phi) is 8.91. The van der Waals surface area contributed by atoms with Crippen molar-refractivity contribution in [3.63, 3.8) is 0 Å². The standard InChI is InChI=1S/C25H35N5O/c1-3-7-20(14-15-31)16-27-25(26-4-2)28-17-21-10-12-22(13-11-21)18-30-19-29-23-8-5-6-9-24(23)30/h5-6,8-13,19-20,31H,3-4,7,14-18H2,1-2H3,(H2,26,27,28). The van der Waals surface area contributed by atoms with Crippen LogP contribution in [0.3, 0.4) is 0 Å². The van der Waals surface area contributed by atoms with E-state index in [1.165, 1.54) is 11.1 Å². The molecule has 3 rings (SSSR count). The first-order valence-electron chi connectivity index (χ1n) is 11.3. The molecule has 0 fully saturated rings. The molecule has 1 atom stereocenters. The van der Waals surface area contributed by atoms with Gasteiger partial charge in [-0.05, 0) is 48.9 Å². The van der Waals surface area contributed by atoms with Gasteiger partial charge in [0, 0.05) is 26.2 Å². The number of nitrogens with one attached hydrogen (secondary N) is 2. The van der Waals surface area contributed by atoms with Crippen LogP contribution in [0.25, 0.3) is 11.0 Å². The molecule has 0 aliphatic carbocycles. The number of imidazole rings is 1. The average Bonchev–Trinajstić information content (AvgIpc) is 3.19. The number of aromatic nitrogens is 2. The maximum absolute atomic E-state index is 9.26. The fourth-order valence-electron chi connectivity index (χ4n) is 3.78. The van der Waals surface area contributed by atoms with Crippen LogP contribution in [0.1, 0.15) is 44.2 Å². The molecule has 0 spiro atoms. The quantitative estimate of drug-likeness (QED) is 0.324. The van der Waals surface area contributed by atoms with Crippen LogP contribution in [0, 0.1) is 5.92 Å². The Hall–Kier alpha value is -2.86. The highest BCUT2D eigenvalue weighted by Crippen LogP contribution is 2.15. The van der Waals surface area contributed by atoms with Crippen molar-refractivity contribution < 1.29 is 5.11 Å². The van der Waals surface area contributed by atoms with Crippen molar-refractivity contribution in [2.75, 3.05) is 19.7 Å². The van der Waals surface area contributed by atoms with Gasteiger partial charge in [0.25, 0.3) is 0 Å². The third-order valence-electron chi connectivity index (χ3n) is 5.46. The van der Waals surface area contributed by atoms with E-state index in [-0.39, 0.29) is 6.61 Å². The summed E-state index contributed by atoms with van der Waals surface area (Å²) in [7, 11) is 0. The molecule has 1 heterocycles. The first-order chi connectivity index (χ1) is 15.2. The van der Waals surface area contributed by atoms with Crippen molar-refractivity contribution in [3.8, 4) is 0 Å². The van der Waals surface area contributed by atoms with Gasteiger partial charge in [-0.2, -0.15) is 0 Å². The van der Waals surface area contributed by atoms with Crippen LogP contribution in [0.2, 0.25) is 0 Å².